The fourth-order valence-electron chi connectivity index (χ4n) is 1.57. The Morgan fingerprint density at radius 2 is 2.58 bits per heavy atom. The molecule has 0 saturated carbocycles. The highest BCUT2D eigenvalue weighted by molar-refractivity contribution is 4.98. The minimum Gasteiger partial charge on any atom is -0.347 e. The molecule has 4 nitrogen and oxygen atoms in total. The highest BCUT2D eigenvalue weighted by Crippen LogP contribution is 2.15. The number of aromatic amines is 1. The lowest BCUT2D eigenvalue weighted by atomic mass is 10.2. The third-order valence-corrected chi connectivity index (χ3v) is 2.35. The molecule has 1 atom stereocenters. The topological polar surface area (TPSA) is 44.0 Å². The van der Waals surface area contributed by atoms with E-state index in [4.69, 9.17) is 0 Å². The fraction of sp³-hybridized carbons (Fsp3) is 0.625. The predicted molar refractivity (Wildman–Crippen MR) is 46.8 cm³/mol. The van der Waals surface area contributed by atoms with Crippen molar-refractivity contribution in [2.24, 2.45) is 0 Å². The number of hydrogen-bond donors (Lipinski definition) is 2. The zero-order valence-corrected chi connectivity index (χ0v) is 7.25. The Morgan fingerprint density at radius 1 is 1.67 bits per heavy atom. The molecule has 0 aromatic carbocycles. The Bertz CT molecular complexity index is 231. The van der Waals surface area contributed by atoms with E-state index in [0.29, 0.717) is 6.04 Å². The second kappa shape index (κ2) is 3.25. The van der Waals surface area contributed by atoms with E-state index in [0.717, 1.165) is 25.5 Å². The second-order valence-corrected chi connectivity index (χ2v) is 3.17. The Labute approximate surface area is 72.0 Å². The Morgan fingerprint density at radius 3 is 3.25 bits per heavy atom. The summed E-state index contributed by atoms with van der Waals surface area (Å²) in [6.45, 7) is 3.16. The van der Waals surface area contributed by atoms with Gasteiger partial charge in [-0.15, -0.1) is 0 Å². The Balaban J connectivity index is 2.11. The van der Waals surface area contributed by atoms with Gasteiger partial charge in [-0.3, -0.25) is 4.90 Å². The SMILES string of the molecule is CN1CCNC[C@H]1c1ncc[nH]1. The number of nitrogens with one attached hydrogen (secondary N) is 2. The summed E-state index contributed by atoms with van der Waals surface area (Å²) in [7, 11) is 2.13. The maximum absolute atomic E-state index is 4.25. The van der Waals surface area contributed by atoms with Crippen LogP contribution in [0.25, 0.3) is 0 Å². The van der Waals surface area contributed by atoms with Gasteiger partial charge >= 0.3 is 0 Å². The normalized spacial score (nSPS) is 25.9. The number of piperazine rings is 1. The van der Waals surface area contributed by atoms with Crippen molar-refractivity contribution in [2.75, 3.05) is 26.7 Å². The van der Waals surface area contributed by atoms with Crippen LogP contribution in [-0.2, 0) is 0 Å². The lowest BCUT2D eigenvalue weighted by Gasteiger charge is -2.31. The molecule has 66 valence electrons. The molecule has 1 fully saturated rings. The summed E-state index contributed by atoms with van der Waals surface area (Å²) >= 11 is 0. The van der Waals surface area contributed by atoms with Gasteiger partial charge in [-0.2, -0.15) is 0 Å². The third-order valence-electron chi connectivity index (χ3n) is 2.35. The number of nitrogens with zero attached hydrogens (tertiary/aromatic N) is 2. The molecule has 1 aliphatic rings. The summed E-state index contributed by atoms with van der Waals surface area (Å²) in [5, 5.41) is 3.35. The Hall–Kier alpha value is -0.870. The Kier molecular flexibility index (Phi) is 2.10. The van der Waals surface area contributed by atoms with Crippen molar-refractivity contribution in [2.45, 2.75) is 6.04 Å². The van der Waals surface area contributed by atoms with Crippen LogP contribution >= 0.6 is 0 Å². The molecule has 2 N–H and O–H groups in total. The first-order valence-electron chi connectivity index (χ1n) is 4.28. The molecule has 0 unspecified atom stereocenters. The van der Waals surface area contributed by atoms with Crippen molar-refractivity contribution in [1.82, 2.24) is 20.2 Å². The van der Waals surface area contributed by atoms with Crippen LogP contribution in [0.3, 0.4) is 0 Å². The van der Waals surface area contributed by atoms with Gasteiger partial charge in [-0.25, -0.2) is 4.98 Å². The average molecular weight is 166 g/mol. The van der Waals surface area contributed by atoms with E-state index >= 15 is 0 Å². The van der Waals surface area contributed by atoms with E-state index in [1.807, 2.05) is 6.20 Å². The van der Waals surface area contributed by atoms with Crippen molar-refractivity contribution < 1.29 is 0 Å². The van der Waals surface area contributed by atoms with E-state index < -0.39 is 0 Å². The lowest BCUT2D eigenvalue weighted by molar-refractivity contribution is 0.195. The lowest BCUT2D eigenvalue weighted by Crippen LogP contribution is -2.44. The van der Waals surface area contributed by atoms with Crippen LogP contribution in [0.5, 0.6) is 0 Å². The van der Waals surface area contributed by atoms with Gasteiger partial charge in [-0.05, 0) is 7.05 Å². The molecule has 12 heavy (non-hydrogen) atoms. The molecule has 1 saturated heterocycles. The van der Waals surface area contributed by atoms with Gasteiger partial charge in [0, 0.05) is 32.0 Å². The summed E-state index contributed by atoms with van der Waals surface area (Å²) in [5.41, 5.74) is 0. The molecule has 2 heterocycles. The zero-order valence-electron chi connectivity index (χ0n) is 7.25. The highest BCUT2D eigenvalue weighted by Gasteiger charge is 2.21. The van der Waals surface area contributed by atoms with E-state index in [2.05, 4.69) is 27.2 Å². The number of H-pyrrole nitrogens is 1. The van der Waals surface area contributed by atoms with Crippen LogP contribution in [0, 0.1) is 0 Å². The standard InChI is InChI=1S/C8H14N4/c1-12-5-4-9-6-7(12)8-10-2-3-11-8/h2-3,7,9H,4-6H2,1H3,(H,10,11)/t7-/m0/s1. The summed E-state index contributed by atoms with van der Waals surface area (Å²) in [6.07, 6.45) is 3.68. The van der Waals surface area contributed by atoms with E-state index in [1.165, 1.54) is 0 Å². The zero-order chi connectivity index (χ0) is 8.39. The molecule has 0 aliphatic carbocycles. The number of hydrogen-bond acceptors (Lipinski definition) is 3. The minimum atomic E-state index is 0.411. The first-order chi connectivity index (χ1) is 5.88. The minimum absolute atomic E-state index is 0.411. The van der Waals surface area contributed by atoms with E-state index in [1.54, 1.807) is 6.20 Å². The average Bonchev–Trinajstić information content (AvgIpc) is 2.57. The number of likely N-dealkylation sites (N-methyl/N-ethyl adjacent to an activating group) is 1. The molecule has 0 spiro atoms. The van der Waals surface area contributed by atoms with Gasteiger partial charge in [0.2, 0.25) is 0 Å². The van der Waals surface area contributed by atoms with Crippen LogP contribution in [0.4, 0.5) is 0 Å². The second-order valence-electron chi connectivity index (χ2n) is 3.17. The van der Waals surface area contributed by atoms with Crippen LogP contribution in [0.2, 0.25) is 0 Å². The number of aromatic nitrogens is 2. The first kappa shape index (κ1) is 7.76. The molecule has 1 aromatic heterocycles. The van der Waals surface area contributed by atoms with Gasteiger partial charge in [0.15, 0.2) is 0 Å². The van der Waals surface area contributed by atoms with Crippen LogP contribution in [0.15, 0.2) is 12.4 Å². The molecule has 0 radical (unpaired) electrons. The maximum Gasteiger partial charge on any atom is 0.124 e. The van der Waals surface area contributed by atoms with Crippen LogP contribution < -0.4 is 5.32 Å². The van der Waals surface area contributed by atoms with Gasteiger partial charge < -0.3 is 10.3 Å². The van der Waals surface area contributed by atoms with Gasteiger partial charge in [0.05, 0.1) is 6.04 Å². The monoisotopic (exact) mass is 166 g/mol. The van der Waals surface area contributed by atoms with Crippen molar-refractivity contribution in [3.05, 3.63) is 18.2 Å². The molecule has 1 aromatic rings. The summed E-state index contributed by atoms with van der Waals surface area (Å²) in [4.78, 5) is 9.71. The van der Waals surface area contributed by atoms with Crippen molar-refractivity contribution in [3.63, 3.8) is 0 Å². The molecule has 0 amide bonds. The first-order valence-corrected chi connectivity index (χ1v) is 4.28. The molecule has 4 heteroatoms. The number of imidazole rings is 1. The van der Waals surface area contributed by atoms with Gasteiger partial charge in [0.1, 0.15) is 5.82 Å². The summed E-state index contributed by atoms with van der Waals surface area (Å²) in [5.74, 6) is 1.06. The maximum atomic E-state index is 4.25. The predicted octanol–water partition coefficient (Wildman–Crippen LogP) is -0.0142. The summed E-state index contributed by atoms with van der Waals surface area (Å²) < 4.78 is 0. The quantitative estimate of drug-likeness (QED) is 0.616. The molecule has 0 bridgehead atoms. The van der Waals surface area contributed by atoms with E-state index in [-0.39, 0.29) is 0 Å². The molecule has 2 rings (SSSR count). The fourth-order valence-corrected chi connectivity index (χ4v) is 1.57. The molecular formula is C8H14N4. The third kappa shape index (κ3) is 1.35. The highest BCUT2D eigenvalue weighted by atomic mass is 15.2. The molecular weight excluding hydrogens is 152 g/mol. The molecule has 1 aliphatic heterocycles. The van der Waals surface area contributed by atoms with Crippen LogP contribution in [-0.4, -0.2) is 41.5 Å². The summed E-state index contributed by atoms with van der Waals surface area (Å²) in [6, 6.07) is 0.411. The van der Waals surface area contributed by atoms with Crippen molar-refractivity contribution in [1.29, 1.82) is 0 Å². The van der Waals surface area contributed by atoms with E-state index in [9.17, 15) is 0 Å². The van der Waals surface area contributed by atoms with Crippen LogP contribution in [0.1, 0.15) is 11.9 Å². The smallest absolute Gasteiger partial charge is 0.124 e. The van der Waals surface area contributed by atoms with Gasteiger partial charge in [-0.1, -0.05) is 0 Å². The van der Waals surface area contributed by atoms with Crippen molar-refractivity contribution >= 4 is 0 Å². The van der Waals surface area contributed by atoms with Crippen molar-refractivity contribution in [3.8, 4) is 0 Å². The largest absolute Gasteiger partial charge is 0.347 e. The van der Waals surface area contributed by atoms with Gasteiger partial charge in [0.25, 0.3) is 0 Å². The number of rotatable bonds is 1.